The molecule has 0 unspecified atom stereocenters. The van der Waals surface area contributed by atoms with E-state index in [9.17, 15) is 4.79 Å². The highest BCUT2D eigenvalue weighted by Crippen LogP contribution is 2.38. The summed E-state index contributed by atoms with van der Waals surface area (Å²) in [6.07, 6.45) is 6.23. The van der Waals surface area contributed by atoms with Crippen molar-refractivity contribution in [2.45, 2.75) is 44.8 Å². The molecule has 1 aromatic heterocycles. The Morgan fingerprint density at radius 2 is 2.16 bits per heavy atom. The van der Waals surface area contributed by atoms with Gasteiger partial charge in [-0.2, -0.15) is 0 Å². The van der Waals surface area contributed by atoms with Crippen molar-refractivity contribution in [2.24, 2.45) is 5.92 Å². The van der Waals surface area contributed by atoms with Crippen LogP contribution in [0, 0.1) is 12.8 Å². The number of aromatic nitrogens is 1. The molecule has 0 radical (unpaired) electrons. The average molecular weight is 341 g/mol. The first-order chi connectivity index (χ1) is 12.2. The van der Waals surface area contributed by atoms with E-state index in [1.54, 1.807) is 6.26 Å². The molecular weight excluding hydrogens is 318 g/mol. The van der Waals surface area contributed by atoms with Crippen molar-refractivity contribution in [3.05, 3.63) is 36.2 Å². The summed E-state index contributed by atoms with van der Waals surface area (Å²) in [7, 11) is 0. The summed E-state index contributed by atoms with van der Waals surface area (Å²) in [5.41, 5.74) is 2.39. The fraction of sp³-hybridized carbons (Fsp3) is 0.474. The molecule has 6 nitrogen and oxygen atoms in total. The van der Waals surface area contributed by atoms with Gasteiger partial charge in [0.05, 0.1) is 11.8 Å². The Labute approximate surface area is 147 Å². The molecule has 0 spiro atoms. The highest BCUT2D eigenvalue weighted by molar-refractivity contribution is 5.90. The minimum absolute atomic E-state index is 0.178. The van der Waals surface area contributed by atoms with Crippen molar-refractivity contribution in [2.75, 3.05) is 11.9 Å². The Balaban J connectivity index is 1.36. The third-order valence-electron chi connectivity index (χ3n) is 4.78. The van der Waals surface area contributed by atoms with E-state index in [1.165, 1.54) is 12.8 Å². The molecular formula is C19H23N3O3. The quantitative estimate of drug-likeness (QED) is 0.888. The normalized spacial score (nSPS) is 23.2. The summed E-state index contributed by atoms with van der Waals surface area (Å²) in [4.78, 5) is 16.6. The van der Waals surface area contributed by atoms with Crippen LogP contribution in [0.3, 0.4) is 0 Å². The fourth-order valence-electron chi connectivity index (χ4n) is 3.32. The Hall–Kier alpha value is -2.34. The SMILES string of the molecule is Cc1coc(-c2cccc(NC(=O)N[C@@H]3CCO[C@H](C4CC4)C3)c2)n1. The zero-order valence-corrected chi connectivity index (χ0v) is 14.3. The Morgan fingerprint density at radius 1 is 1.28 bits per heavy atom. The molecule has 2 fully saturated rings. The predicted molar refractivity (Wildman–Crippen MR) is 94.3 cm³/mol. The number of benzene rings is 1. The number of aryl methyl sites for hydroxylation is 1. The maximum Gasteiger partial charge on any atom is 0.319 e. The lowest BCUT2D eigenvalue weighted by Gasteiger charge is -2.30. The molecule has 2 amide bonds. The standard InChI is InChI=1S/C19H23N3O3/c1-12-11-25-18(20-12)14-3-2-4-15(9-14)21-19(23)22-16-7-8-24-17(10-16)13-5-6-13/h2-4,9,11,13,16-17H,5-8,10H2,1H3,(H2,21,22,23)/t16-,17+/m1/s1. The average Bonchev–Trinajstić information content (AvgIpc) is 3.36. The molecule has 132 valence electrons. The van der Waals surface area contributed by atoms with E-state index in [0.29, 0.717) is 17.9 Å². The second kappa shape index (κ2) is 6.88. The van der Waals surface area contributed by atoms with Gasteiger partial charge in [0.1, 0.15) is 6.26 Å². The van der Waals surface area contributed by atoms with Crippen molar-refractivity contribution in [3.63, 3.8) is 0 Å². The molecule has 0 bridgehead atoms. The first-order valence-corrected chi connectivity index (χ1v) is 8.89. The zero-order valence-electron chi connectivity index (χ0n) is 14.3. The first-order valence-electron chi connectivity index (χ1n) is 8.89. The molecule has 2 aromatic rings. The van der Waals surface area contributed by atoms with E-state index in [2.05, 4.69) is 15.6 Å². The Kier molecular flexibility index (Phi) is 4.44. The number of nitrogens with zero attached hydrogens (tertiary/aromatic N) is 1. The molecule has 1 aliphatic heterocycles. The lowest BCUT2D eigenvalue weighted by Crippen LogP contribution is -2.44. The highest BCUT2D eigenvalue weighted by atomic mass is 16.5. The van der Waals surface area contributed by atoms with Crippen LogP contribution in [-0.2, 0) is 4.74 Å². The van der Waals surface area contributed by atoms with Crippen LogP contribution in [0.25, 0.3) is 11.5 Å². The number of nitrogens with one attached hydrogen (secondary N) is 2. The minimum atomic E-state index is -0.179. The Morgan fingerprint density at radius 3 is 2.92 bits per heavy atom. The van der Waals surface area contributed by atoms with Crippen molar-refractivity contribution >= 4 is 11.7 Å². The van der Waals surface area contributed by atoms with Gasteiger partial charge in [0.2, 0.25) is 5.89 Å². The van der Waals surface area contributed by atoms with Gasteiger partial charge in [-0.15, -0.1) is 0 Å². The third-order valence-corrected chi connectivity index (χ3v) is 4.78. The number of hydrogen-bond donors (Lipinski definition) is 2. The van der Waals surface area contributed by atoms with Gasteiger partial charge < -0.3 is 19.8 Å². The molecule has 2 N–H and O–H groups in total. The van der Waals surface area contributed by atoms with E-state index in [4.69, 9.17) is 9.15 Å². The maximum absolute atomic E-state index is 12.3. The third kappa shape index (κ3) is 4.02. The molecule has 25 heavy (non-hydrogen) atoms. The van der Waals surface area contributed by atoms with Gasteiger partial charge in [-0.05, 0) is 56.7 Å². The molecule has 1 aromatic carbocycles. The van der Waals surface area contributed by atoms with Crippen LogP contribution in [0.2, 0.25) is 0 Å². The molecule has 2 atom stereocenters. The summed E-state index contributed by atoms with van der Waals surface area (Å²) >= 11 is 0. The van der Waals surface area contributed by atoms with E-state index in [-0.39, 0.29) is 12.1 Å². The van der Waals surface area contributed by atoms with E-state index < -0.39 is 0 Å². The van der Waals surface area contributed by atoms with Crippen molar-refractivity contribution < 1.29 is 13.9 Å². The van der Waals surface area contributed by atoms with Crippen LogP contribution in [0.4, 0.5) is 10.5 Å². The largest absolute Gasteiger partial charge is 0.444 e. The second-order valence-electron chi connectivity index (χ2n) is 6.94. The summed E-state index contributed by atoms with van der Waals surface area (Å²) in [5.74, 6) is 1.26. The fourth-order valence-corrected chi connectivity index (χ4v) is 3.32. The molecule has 1 aliphatic carbocycles. The van der Waals surface area contributed by atoms with Gasteiger partial charge in [0, 0.05) is 23.9 Å². The molecule has 1 saturated heterocycles. The molecule has 1 saturated carbocycles. The number of hydrogen-bond acceptors (Lipinski definition) is 4. The lowest BCUT2D eigenvalue weighted by molar-refractivity contribution is -0.00889. The number of carbonyl (C=O) groups excluding carboxylic acids is 1. The minimum Gasteiger partial charge on any atom is -0.444 e. The van der Waals surface area contributed by atoms with Gasteiger partial charge in [-0.25, -0.2) is 9.78 Å². The lowest BCUT2D eigenvalue weighted by atomic mass is 10.0. The monoisotopic (exact) mass is 341 g/mol. The summed E-state index contributed by atoms with van der Waals surface area (Å²) in [6, 6.07) is 7.51. The van der Waals surface area contributed by atoms with Crippen LogP contribution < -0.4 is 10.6 Å². The number of ether oxygens (including phenoxy) is 1. The summed E-state index contributed by atoms with van der Waals surface area (Å²) < 4.78 is 11.2. The molecule has 2 aliphatic rings. The van der Waals surface area contributed by atoms with Gasteiger partial charge in [-0.1, -0.05) is 6.07 Å². The number of rotatable bonds is 4. The molecule has 2 heterocycles. The molecule has 4 rings (SSSR count). The predicted octanol–water partition coefficient (Wildman–Crippen LogP) is 3.73. The van der Waals surface area contributed by atoms with Crippen LogP contribution >= 0.6 is 0 Å². The number of urea groups is 1. The second-order valence-corrected chi connectivity index (χ2v) is 6.94. The smallest absolute Gasteiger partial charge is 0.319 e. The van der Waals surface area contributed by atoms with Crippen molar-refractivity contribution in [1.29, 1.82) is 0 Å². The maximum atomic E-state index is 12.3. The number of amides is 2. The summed E-state index contributed by atoms with van der Waals surface area (Å²) in [6.45, 7) is 2.61. The van der Waals surface area contributed by atoms with Gasteiger partial charge >= 0.3 is 6.03 Å². The van der Waals surface area contributed by atoms with Gasteiger partial charge in [0.15, 0.2) is 0 Å². The number of carbonyl (C=O) groups is 1. The summed E-state index contributed by atoms with van der Waals surface area (Å²) in [5, 5.41) is 5.98. The van der Waals surface area contributed by atoms with Crippen molar-refractivity contribution in [1.82, 2.24) is 10.3 Å². The number of anilines is 1. The van der Waals surface area contributed by atoms with Crippen LogP contribution in [0.5, 0.6) is 0 Å². The van der Waals surface area contributed by atoms with Crippen molar-refractivity contribution in [3.8, 4) is 11.5 Å². The number of oxazole rings is 1. The van der Waals surface area contributed by atoms with Gasteiger partial charge in [-0.3, -0.25) is 0 Å². The Bertz CT molecular complexity index is 754. The van der Waals surface area contributed by atoms with Crippen LogP contribution in [-0.4, -0.2) is 29.8 Å². The first kappa shape index (κ1) is 16.1. The molecule has 6 heteroatoms. The van der Waals surface area contributed by atoms with Crippen LogP contribution in [0.15, 0.2) is 34.9 Å². The zero-order chi connectivity index (χ0) is 17.2. The van der Waals surface area contributed by atoms with E-state index in [1.807, 2.05) is 31.2 Å². The van der Waals surface area contributed by atoms with Crippen LogP contribution in [0.1, 0.15) is 31.4 Å². The van der Waals surface area contributed by atoms with E-state index >= 15 is 0 Å². The van der Waals surface area contributed by atoms with Gasteiger partial charge in [0.25, 0.3) is 0 Å². The topological polar surface area (TPSA) is 76.4 Å². The van der Waals surface area contributed by atoms with E-state index in [0.717, 1.165) is 36.4 Å². The highest BCUT2D eigenvalue weighted by Gasteiger charge is 2.36.